The van der Waals surface area contributed by atoms with Crippen molar-refractivity contribution >= 4 is 22.6 Å². The molecule has 1 N–H and O–H groups in total. The Kier molecular flexibility index (Phi) is 5.94. The maximum absolute atomic E-state index is 13.4. The number of benzene rings is 2. The van der Waals surface area contributed by atoms with Crippen LogP contribution in [-0.2, 0) is 13.1 Å². The molecule has 4 rings (SSSR count). The number of hydrogen-bond donors (Lipinski definition) is 1. The number of aryl methyl sites for hydroxylation is 1. The Morgan fingerprint density at radius 2 is 1.84 bits per heavy atom. The molecule has 2 aromatic carbocycles. The minimum atomic E-state index is -0.349. The summed E-state index contributed by atoms with van der Waals surface area (Å²) in [5.41, 5.74) is 1.15. The van der Waals surface area contributed by atoms with Gasteiger partial charge in [0.15, 0.2) is 0 Å². The zero-order valence-corrected chi connectivity index (χ0v) is 18.5. The Bertz CT molecular complexity index is 1400. The van der Waals surface area contributed by atoms with Crippen molar-refractivity contribution in [3.8, 4) is 0 Å². The van der Waals surface area contributed by atoms with E-state index in [4.69, 9.17) is 0 Å². The summed E-state index contributed by atoms with van der Waals surface area (Å²) in [4.78, 5) is 39.2. The third kappa shape index (κ3) is 3.95. The summed E-state index contributed by atoms with van der Waals surface area (Å²) in [6.07, 6.45) is 0.719. The van der Waals surface area contributed by atoms with Gasteiger partial charge in [0.1, 0.15) is 0 Å². The molecule has 8 nitrogen and oxygen atoms in total. The van der Waals surface area contributed by atoms with Gasteiger partial charge in [-0.3, -0.25) is 14.2 Å². The largest absolute Gasteiger partial charge is 0.352 e. The van der Waals surface area contributed by atoms with Crippen molar-refractivity contribution in [3.63, 3.8) is 0 Å². The van der Waals surface area contributed by atoms with E-state index in [1.54, 1.807) is 18.2 Å². The predicted molar refractivity (Wildman–Crippen MR) is 124 cm³/mol. The summed E-state index contributed by atoms with van der Waals surface area (Å²) in [6.45, 7) is 7.27. The fourth-order valence-electron chi connectivity index (χ4n) is 3.74. The van der Waals surface area contributed by atoms with Gasteiger partial charge in [0.05, 0.1) is 17.4 Å². The average Bonchev–Trinajstić information content (AvgIpc) is 3.11. The van der Waals surface area contributed by atoms with Crippen LogP contribution >= 0.6 is 0 Å². The molecule has 0 radical (unpaired) electrons. The van der Waals surface area contributed by atoms with E-state index in [1.165, 1.54) is 13.6 Å². The second kappa shape index (κ2) is 8.82. The molecule has 0 fully saturated rings. The lowest BCUT2D eigenvalue weighted by molar-refractivity contribution is 0.0949. The van der Waals surface area contributed by atoms with Crippen LogP contribution in [0.25, 0.3) is 16.7 Å². The summed E-state index contributed by atoms with van der Waals surface area (Å²) >= 11 is 0. The van der Waals surface area contributed by atoms with E-state index in [1.807, 2.05) is 51.1 Å². The summed E-state index contributed by atoms with van der Waals surface area (Å²) in [5.74, 6) is 0.354. The molecule has 0 bridgehead atoms. The number of fused-ring (bicyclic) bond motifs is 3. The SMILES string of the molecule is CCCn1c(=O)c2ccc(C(=O)NCC(C)C)cc2n2c(=O)n(Cc3ccccc3)nc12. The first-order valence-electron chi connectivity index (χ1n) is 10.9. The van der Waals surface area contributed by atoms with E-state index >= 15 is 0 Å². The van der Waals surface area contributed by atoms with Gasteiger partial charge in [0, 0.05) is 18.7 Å². The van der Waals surface area contributed by atoms with Crippen LogP contribution in [0.4, 0.5) is 0 Å². The van der Waals surface area contributed by atoms with Crippen LogP contribution in [0.3, 0.4) is 0 Å². The average molecular weight is 434 g/mol. The predicted octanol–water partition coefficient (Wildman–Crippen LogP) is 2.66. The van der Waals surface area contributed by atoms with Crippen LogP contribution in [0, 0.1) is 5.92 Å². The number of nitrogens with one attached hydrogen (secondary N) is 1. The second-order valence-electron chi connectivity index (χ2n) is 8.35. The number of amides is 1. The Hall–Kier alpha value is -3.68. The molecular formula is C24H27N5O3. The standard InChI is InChI=1S/C24H27N5O3/c1-4-12-27-22(31)19-11-10-18(21(30)25-14-16(2)3)13-20(19)29-23(27)26-28(24(29)32)15-17-8-6-5-7-9-17/h5-11,13,16H,4,12,14-15H2,1-3H3,(H,25,30). The zero-order valence-electron chi connectivity index (χ0n) is 18.5. The van der Waals surface area contributed by atoms with E-state index in [9.17, 15) is 14.4 Å². The molecule has 0 atom stereocenters. The Labute approximate surface area is 185 Å². The van der Waals surface area contributed by atoms with Crippen LogP contribution in [0.2, 0.25) is 0 Å². The highest BCUT2D eigenvalue weighted by Crippen LogP contribution is 2.15. The summed E-state index contributed by atoms with van der Waals surface area (Å²) < 4.78 is 4.33. The highest BCUT2D eigenvalue weighted by Gasteiger charge is 2.19. The quantitative estimate of drug-likeness (QED) is 0.485. The topological polar surface area (TPSA) is 90.4 Å². The molecular weight excluding hydrogens is 406 g/mol. The first-order valence-corrected chi connectivity index (χ1v) is 10.9. The summed E-state index contributed by atoms with van der Waals surface area (Å²) in [7, 11) is 0. The van der Waals surface area contributed by atoms with Gasteiger partial charge in [-0.1, -0.05) is 51.1 Å². The van der Waals surface area contributed by atoms with Crippen LogP contribution in [0.1, 0.15) is 43.1 Å². The van der Waals surface area contributed by atoms with Crippen molar-refractivity contribution in [1.82, 2.24) is 24.1 Å². The minimum absolute atomic E-state index is 0.222. The van der Waals surface area contributed by atoms with E-state index in [-0.39, 0.29) is 29.5 Å². The molecule has 0 aliphatic rings. The first kappa shape index (κ1) is 21.5. The Morgan fingerprint density at radius 1 is 1.09 bits per heavy atom. The maximum atomic E-state index is 13.4. The summed E-state index contributed by atoms with van der Waals surface area (Å²) in [5, 5.41) is 7.76. The highest BCUT2D eigenvalue weighted by molar-refractivity contribution is 5.98. The zero-order chi connectivity index (χ0) is 22.8. The third-order valence-corrected chi connectivity index (χ3v) is 5.33. The van der Waals surface area contributed by atoms with Crippen LogP contribution in [0.5, 0.6) is 0 Å². The molecule has 8 heteroatoms. The van der Waals surface area contributed by atoms with Gasteiger partial charge >= 0.3 is 5.69 Å². The molecule has 0 aliphatic carbocycles. The molecule has 0 saturated heterocycles. The third-order valence-electron chi connectivity index (χ3n) is 5.33. The monoisotopic (exact) mass is 433 g/mol. The van der Waals surface area contributed by atoms with Gasteiger partial charge in [0.2, 0.25) is 5.78 Å². The highest BCUT2D eigenvalue weighted by atomic mass is 16.2. The smallest absolute Gasteiger partial charge is 0.352 e. The van der Waals surface area contributed by atoms with E-state index < -0.39 is 0 Å². The Morgan fingerprint density at radius 3 is 2.53 bits per heavy atom. The molecule has 32 heavy (non-hydrogen) atoms. The molecule has 2 aromatic heterocycles. The lowest BCUT2D eigenvalue weighted by atomic mass is 10.1. The molecule has 0 aliphatic heterocycles. The minimum Gasteiger partial charge on any atom is -0.352 e. The lowest BCUT2D eigenvalue weighted by Gasteiger charge is -2.11. The fraction of sp³-hybridized carbons (Fsp3) is 0.333. The van der Waals surface area contributed by atoms with Crippen molar-refractivity contribution in [2.24, 2.45) is 5.92 Å². The van der Waals surface area contributed by atoms with Gasteiger partial charge in [-0.2, -0.15) is 0 Å². The molecule has 166 valence electrons. The van der Waals surface area contributed by atoms with Crippen LogP contribution < -0.4 is 16.6 Å². The van der Waals surface area contributed by atoms with Crippen molar-refractivity contribution in [2.75, 3.05) is 6.54 Å². The van der Waals surface area contributed by atoms with Gasteiger partial charge < -0.3 is 5.32 Å². The lowest BCUT2D eigenvalue weighted by Crippen LogP contribution is -2.29. The number of carbonyl (C=O) groups excluding carboxylic acids is 1. The van der Waals surface area contributed by atoms with Crippen molar-refractivity contribution in [1.29, 1.82) is 0 Å². The van der Waals surface area contributed by atoms with Gasteiger partial charge in [-0.05, 0) is 36.1 Å². The van der Waals surface area contributed by atoms with Crippen LogP contribution in [0.15, 0.2) is 58.1 Å². The van der Waals surface area contributed by atoms with Crippen LogP contribution in [-0.4, -0.2) is 31.2 Å². The molecule has 2 heterocycles. The number of aromatic nitrogens is 4. The van der Waals surface area contributed by atoms with Crippen molar-refractivity contribution in [3.05, 3.63) is 80.5 Å². The number of nitrogens with zero attached hydrogens (tertiary/aromatic N) is 4. The molecule has 0 unspecified atom stereocenters. The molecule has 0 saturated carbocycles. The molecule has 0 spiro atoms. The number of rotatable bonds is 7. The first-order chi connectivity index (χ1) is 15.4. The molecule has 4 aromatic rings. The number of hydrogen-bond acceptors (Lipinski definition) is 4. The van der Waals surface area contributed by atoms with Gasteiger partial charge in [0.25, 0.3) is 11.5 Å². The van der Waals surface area contributed by atoms with Gasteiger partial charge in [-0.15, -0.1) is 5.10 Å². The van der Waals surface area contributed by atoms with E-state index in [2.05, 4.69) is 10.4 Å². The fourth-order valence-corrected chi connectivity index (χ4v) is 3.74. The van der Waals surface area contributed by atoms with Crippen molar-refractivity contribution in [2.45, 2.75) is 40.3 Å². The number of carbonyl (C=O) groups is 1. The maximum Gasteiger partial charge on any atom is 0.352 e. The van der Waals surface area contributed by atoms with Gasteiger partial charge in [-0.25, -0.2) is 13.9 Å². The summed E-state index contributed by atoms with van der Waals surface area (Å²) in [6, 6.07) is 14.4. The normalized spacial score (nSPS) is 11.5. The van der Waals surface area contributed by atoms with E-state index in [0.29, 0.717) is 35.5 Å². The van der Waals surface area contributed by atoms with Crippen molar-refractivity contribution < 1.29 is 4.79 Å². The van der Waals surface area contributed by atoms with E-state index in [0.717, 1.165) is 12.0 Å². The second-order valence-corrected chi connectivity index (χ2v) is 8.35. The molecule has 1 amide bonds. The Balaban J connectivity index is 1.93.